The summed E-state index contributed by atoms with van der Waals surface area (Å²) < 4.78 is 0. The lowest BCUT2D eigenvalue weighted by Gasteiger charge is -2.33. The molecule has 0 aliphatic carbocycles. The molecule has 1 fully saturated rings. The highest BCUT2D eigenvalue weighted by Crippen LogP contribution is 2.15. The minimum Gasteiger partial charge on any atom is -0.295 e. The summed E-state index contributed by atoms with van der Waals surface area (Å²) in [6.45, 7) is 13.8. The molecule has 0 atom stereocenters. The molecular weight excluding hydrogens is 306 g/mol. The Morgan fingerprint density at radius 1 is 0.880 bits per heavy atom. The Balaban J connectivity index is 1.56. The van der Waals surface area contributed by atoms with Crippen molar-refractivity contribution in [3.05, 3.63) is 70.3 Å². The third-order valence-electron chi connectivity index (χ3n) is 5.00. The lowest BCUT2D eigenvalue weighted by molar-refractivity contribution is 0.130. The van der Waals surface area contributed by atoms with Gasteiger partial charge < -0.3 is 0 Å². The lowest BCUT2D eigenvalue weighted by atomic mass is 10.1. The van der Waals surface area contributed by atoms with Gasteiger partial charge in [0.05, 0.1) is 5.71 Å². The number of rotatable bonds is 4. The summed E-state index contributed by atoms with van der Waals surface area (Å²) in [4.78, 5) is 2.53. The summed E-state index contributed by atoms with van der Waals surface area (Å²) in [6, 6.07) is 15.4. The van der Waals surface area contributed by atoms with Crippen LogP contribution in [-0.2, 0) is 6.54 Å². The maximum absolute atomic E-state index is 4.83. The van der Waals surface area contributed by atoms with Gasteiger partial charge >= 0.3 is 0 Å². The molecule has 0 spiro atoms. The van der Waals surface area contributed by atoms with Gasteiger partial charge in [-0.25, -0.2) is 0 Å². The molecule has 0 amide bonds. The van der Waals surface area contributed by atoms with Gasteiger partial charge in [0.15, 0.2) is 0 Å². The van der Waals surface area contributed by atoms with E-state index in [4.69, 9.17) is 5.10 Å². The summed E-state index contributed by atoms with van der Waals surface area (Å²) in [7, 11) is 0. The van der Waals surface area contributed by atoms with Crippen LogP contribution in [0.25, 0.3) is 0 Å². The predicted molar refractivity (Wildman–Crippen MR) is 106 cm³/mol. The largest absolute Gasteiger partial charge is 0.295 e. The maximum Gasteiger partial charge on any atom is 0.0646 e. The summed E-state index contributed by atoms with van der Waals surface area (Å²) in [6.07, 6.45) is 0. The number of hydrogen-bond donors (Lipinski definition) is 0. The summed E-state index contributed by atoms with van der Waals surface area (Å²) in [5, 5.41) is 7.05. The first-order chi connectivity index (χ1) is 12.0. The van der Waals surface area contributed by atoms with Crippen LogP contribution in [0.1, 0.15) is 34.7 Å². The molecule has 0 aromatic heterocycles. The number of nitrogens with zero attached hydrogens (tertiary/aromatic N) is 3. The van der Waals surface area contributed by atoms with E-state index in [1.54, 1.807) is 0 Å². The molecule has 2 aromatic rings. The van der Waals surface area contributed by atoms with Crippen LogP contribution in [0.5, 0.6) is 0 Å². The molecule has 1 heterocycles. The molecule has 0 saturated carbocycles. The second-order valence-corrected chi connectivity index (χ2v) is 7.21. The Morgan fingerprint density at radius 3 is 2.16 bits per heavy atom. The summed E-state index contributed by atoms with van der Waals surface area (Å²) in [5.41, 5.74) is 7.78. The predicted octanol–water partition coefficient (Wildman–Crippen LogP) is 4.15. The van der Waals surface area contributed by atoms with Crippen molar-refractivity contribution in [2.24, 2.45) is 5.10 Å². The van der Waals surface area contributed by atoms with Crippen molar-refractivity contribution in [1.29, 1.82) is 0 Å². The monoisotopic (exact) mass is 335 g/mol. The first kappa shape index (κ1) is 17.7. The number of piperazine rings is 1. The van der Waals surface area contributed by atoms with Gasteiger partial charge in [0.2, 0.25) is 0 Å². The molecule has 0 bridgehead atoms. The van der Waals surface area contributed by atoms with Crippen LogP contribution in [0.4, 0.5) is 0 Å². The zero-order valence-corrected chi connectivity index (χ0v) is 15.9. The van der Waals surface area contributed by atoms with E-state index in [0.717, 1.165) is 38.4 Å². The average molecular weight is 335 g/mol. The van der Waals surface area contributed by atoms with Crippen LogP contribution in [0.15, 0.2) is 47.6 Å². The van der Waals surface area contributed by atoms with E-state index in [0.29, 0.717) is 0 Å². The molecule has 1 aliphatic heterocycles. The molecule has 2 aromatic carbocycles. The standard InChI is InChI=1S/C22H29N3/c1-17-5-8-21(9-6-17)20(4)23-25-13-11-24(12-14-25)16-22-10-7-18(2)15-19(22)3/h5-10,15H,11-14,16H2,1-4H3. The van der Waals surface area contributed by atoms with Gasteiger partial charge in [-0.2, -0.15) is 5.10 Å². The first-order valence-corrected chi connectivity index (χ1v) is 9.17. The van der Waals surface area contributed by atoms with E-state index in [9.17, 15) is 0 Å². The summed E-state index contributed by atoms with van der Waals surface area (Å²) in [5.74, 6) is 0. The molecule has 1 saturated heterocycles. The van der Waals surface area contributed by atoms with E-state index in [1.165, 1.54) is 27.8 Å². The van der Waals surface area contributed by atoms with Crippen molar-refractivity contribution in [2.75, 3.05) is 26.2 Å². The first-order valence-electron chi connectivity index (χ1n) is 9.17. The van der Waals surface area contributed by atoms with Crippen LogP contribution in [-0.4, -0.2) is 41.8 Å². The third-order valence-corrected chi connectivity index (χ3v) is 5.00. The summed E-state index contributed by atoms with van der Waals surface area (Å²) >= 11 is 0. The zero-order valence-electron chi connectivity index (χ0n) is 15.9. The Morgan fingerprint density at radius 2 is 1.52 bits per heavy atom. The highest BCUT2D eigenvalue weighted by molar-refractivity contribution is 5.98. The van der Waals surface area contributed by atoms with Gasteiger partial charge in [0.1, 0.15) is 0 Å². The van der Waals surface area contributed by atoms with Gasteiger partial charge in [-0.3, -0.25) is 9.91 Å². The SMILES string of the molecule is CC(=NN1CCN(Cc2ccc(C)cc2C)CC1)c1ccc(C)cc1. The van der Waals surface area contributed by atoms with Crippen molar-refractivity contribution >= 4 is 5.71 Å². The smallest absolute Gasteiger partial charge is 0.0646 e. The third kappa shape index (κ3) is 4.70. The van der Waals surface area contributed by atoms with Crippen LogP contribution in [0.3, 0.4) is 0 Å². The molecule has 3 rings (SSSR count). The van der Waals surface area contributed by atoms with Gasteiger partial charge in [-0.05, 0) is 44.4 Å². The molecule has 0 unspecified atom stereocenters. The highest BCUT2D eigenvalue weighted by Gasteiger charge is 2.16. The highest BCUT2D eigenvalue weighted by atomic mass is 15.5. The van der Waals surface area contributed by atoms with E-state index in [2.05, 4.69) is 80.1 Å². The Hall–Kier alpha value is -2.13. The molecule has 25 heavy (non-hydrogen) atoms. The Kier molecular flexibility index (Phi) is 5.54. The minimum atomic E-state index is 0.994. The van der Waals surface area contributed by atoms with Gasteiger partial charge in [0, 0.05) is 32.7 Å². The fourth-order valence-electron chi connectivity index (χ4n) is 3.32. The second kappa shape index (κ2) is 7.83. The molecule has 1 aliphatic rings. The molecule has 0 radical (unpaired) electrons. The van der Waals surface area contributed by atoms with Crippen molar-refractivity contribution < 1.29 is 0 Å². The van der Waals surface area contributed by atoms with Crippen LogP contribution >= 0.6 is 0 Å². The molecule has 3 nitrogen and oxygen atoms in total. The van der Waals surface area contributed by atoms with E-state index >= 15 is 0 Å². The number of benzene rings is 2. The van der Waals surface area contributed by atoms with E-state index < -0.39 is 0 Å². The topological polar surface area (TPSA) is 18.8 Å². The molecular formula is C22H29N3. The molecule has 0 N–H and O–H groups in total. The van der Waals surface area contributed by atoms with Gasteiger partial charge in [0.25, 0.3) is 0 Å². The van der Waals surface area contributed by atoms with Crippen molar-refractivity contribution in [3.8, 4) is 0 Å². The zero-order chi connectivity index (χ0) is 17.8. The minimum absolute atomic E-state index is 0.994. The molecule has 3 heteroatoms. The quantitative estimate of drug-likeness (QED) is 0.782. The Bertz CT molecular complexity index is 738. The van der Waals surface area contributed by atoms with Gasteiger partial charge in [-0.1, -0.05) is 53.6 Å². The second-order valence-electron chi connectivity index (χ2n) is 7.21. The van der Waals surface area contributed by atoms with Crippen molar-refractivity contribution in [1.82, 2.24) is 9.91 Å². The number of hydrazone groups is 1. The number of aryl methyl sites for hydroxylation is 3. The van der Waals surface area contributed by atoms with Gasteiger partial charge in [-0.15, -0.1) is 0 Å². The van der Waals surface area contributed by atoms with Crippen molar-refractivity contribution in [3.63, 3.8) is 0 Å². The lowest BCUT2D eigenvalue weighted by Crippen LogP contribution is -2.43. The van der Waals surface area contributed by atoms with Crippen LogP contribution in [0, 0.1) is 20.8 Å². The van der Waals surface area contributed by atoms with Crippen molar-refractivity contribution in [2.45, 2.75) is 34.2 Å². The fourth-order valence-corrected chi connectivity index (χ4v) is 3.32. The van der Waals surface area contributed by atoms with E-state index in [1.807, 2.05) is 0 Å². The average Bonchev–Trinajstić information content (AvgIpc) is 2.59. The van der Waals surface area contributed by atoms with Crippen LogP contribution in [0.2, 0.25) is 0 Å². The maximum atomic E-state index is 4.83. The van der Waals surface area contributed by atoms with Crippen LogP contribution < -0.4 is 0 Å². The fraction of sp³-hybridized carbons (Fsp3) is 0.409. The van der Waals surface area contributed by atoms with E-state index in [-0.39, 0.29) is 0 Å². The molecule has 132 valence electrons. The Labute approximate surface area is 152 Å². The number of hydrogen-bond acceptors (Lipinski definition) is 3. The normalized spacial score (nSPS) is 16.3.